The van der Waals surface area contributed by atoms with E-state index in [2.05, 4.69) is 20.8 Å². The molecular weight excluding hydrogens is 340 g/mol. The van der Waals surface area contributed by atoms with Crippen LogP contribution in [-0.4, -0.2) is 24.6 Å². The van der Waals surface area contributed by atoms with Crippen LogP contribution in [-0.2, 0) is 19.1 Å². The summed E-state index contributed by atoms with van der Waals surface area (Å²) in [5.74, 6) is 3.12. The molecule has 0 N–H and O–H groups in total. The molecule has 0 aromatic carbocycles. The molecule has 152 valence electrons. The predicted molar refractivity (Wildman–Crippen MR) is 103 cm³/mol. The van der Waals surface area contributed by atoms with E-state index in [4.69, 9.17) is 9.47 Å². The molecular formula is C23H36O4. The number of ether oxygens (including phenoxy) is 2. The Morgan fingerprint density at radius 1 is 0.963 bits per heavy atom. The molecule has 0 aliphatic heterocycles. The summed E-state index contributed by atoms with van der Waals surface area (Å²) in [6.45, 7) is 6.42. The van der Waals surface area contributed by atoms with E-state index < -0.39 is 0 Å². The lowest BCUT2D eigenvalue weighted by atomic mass is 9.49. The Balaban J connectivity index is 1.31. The number of hydrogen-bond donors (Lipinski definition) is 0. The van der Waals surface area contributed by atoms with Gasteiger partial charge in [-0.05, 0) is 86.9 Å². The molecule has 5 aliphatic rings. The van der Waals surface area contributed by atoms with Crippen molar-refractivity contribution < 1.29 is 19.1 Å². The van der Waals surface area contributed by atoms with E-state index in [9.17, 15) is 9.59 Å². The molecule has 5 saturated carbocycles. The summed E-state index contributed by atoms with van der Waals surface area (Å²) >= 11 is 0. The quantitative estimate of drug-likeness (QED) is 0.650. The fourth-order valence-electron chi connectivity index (χ4n) is 7.09. The fraction of sp³-hybridized carbons (Fsp3) is 0.913. The molecule has 4 nitrogen and oxygen atoms in total. The molecule has 27 heavy (non-hydrogen) atoms. The van der Waals surface area contributed by atoms with Crippen molar-refractivity contribution in [1.29, 1.82) is 0 Å². The molecule has 0 saturated heterocycles. The average molecular weight is 377 g/mol. The van der Waals surface area contributed by atoms with Gasteiger partial charge in [-0.25, -0.2) is 4.79 Å². The summed E-state index contributed by atoms with van der Waals surface area (Å²) in [5, 5.41) is 0. The van der Waals surface area contributed by atoms with Crippen LogP contribution in [0.5, 0.6) is 0 Å². The molecule has 4 heteroatoms. The van der Waals surface area contributed by atoms with E-state index in [1.54, 1.807) is 0 Å². The SMILES string of the molecule is CC1CCC(C(C)C)C(OC(=O)COC(=O)C23CC4CC(CC(C4)C2)C3)C1. The van der Waals surface area contributed by atoms with Crippen LogP contribution in [0.3, 0.4) is 0 Å². The van der Waals surface area contributed by atoms with Gasteiger partial charge in [0.2, 0.25) is 0 Å². The third-order valence-corrected chi connectivity index (χ3v) is 8.04. The van der Waals surface area contributed by atoms with Gasteiger partial charge in [0.05, 0.1) is 5.41 Å². The minimum absolute atomic E-state index is 0.0282. The third-order valence-electron chi connectivity index (χ3n) is 8.04. The minimum Gasteiger partial charge on any atom is -0.460 e. The smallest absolute Gasteiger partial charge is 0.344 e. The van der Waals surface area contributed by atoms with Crippen molar-refractivity contribution in [2.75, 3.05) is 6.61 Å². The molecule has 0 spiro atoms. The van der Waals surface area contributed by atoms with Gasteiger partial charge in [0.15, 0.2) is 6.61 Å². The summed E-state index contributed by atoms with van der Waals surface area (Å²) in [5.41, 5.74) is -0.297. The van der Waals surface area contributed by atoms with Crippen LogP contribution >= 0.6 is 0 Å². The van der Waals surface area contributed by atoms with E-state index >= 15 is 0 Å². The number of esters is 2. The topological polar surface area (TPSA) is 52.6 Å². The van der Waals surface area contributed by atoms with E-state index in [0.717, 1.165) is 32.1 Å². The van der Waals surface area contributed by atoms with E-state index in [1.807, 2.05) is 0 Å². The molecule has 5 aliphatic carbocycles. The van der Waals surface area contributed by atoms with E-state index in [-0.39, 0.29) is 30.1 Å². The molecule has 3 unspecified atom stereocenters. The highest BCUT2D eigenvalue weighted by atomic mass is 16.6. The maximum absolute atomic E-state index is 12.9. The minimum atomic E-state index is -0.363. The van der Waals surface area contributed by atoms with Crippen LogP contribution in [0.2, 0.25) is 0 Å². The number of hydrogen-bond acceptors (Lipinski definition) is 4. The van der Waals surface area contributed by atoms with Gasteiger partial charge in [-0.3, -0.25) is 4.79 Å². The van der Waals surface area contributed by atoms with Crippen LogP contribution in [0, 0.1) is 40.9 Å². The molecule has 4 bridgehead atoms. The molecule has 0 heterocycles. The zero-order chi connectivity index (χ0) is 19.2. The summed E-state index contributed by atoms with van der Waals surface area (Å²) in [7, 11) is 0. The zero-order valence-corrected chi connectivity index (χ0v) is 17.2. The molecule has 5 fully saturated rings. The fourth-order valence-corrected chi connectivity index (χ4v) is 7.09. The second kappa shape index (κ2) is 7.40. The van der Waals surface area contributed by atoms with Crippen molar-refractivity contribution in [3.05, 3.63) is 0 Å². The summed E-state index contributed by atoms with van der Waals surface area (Å²) in [6.07, 6.45) is 10.0. The van der Waals surface area contributed by atoms with Gasteiger partial charge in [0.1, 0.15) is 6.10 Å². The second-order valence-electron chi connectivity index (χ2n) is 10.6. The Morgan fingerprint density at radius 3 is 2.11 bits per heavy atom. The van der Waals surface area contributed by atoms with Crippen molar-refractivity contribution in [3.63, 3.8) is 0 Å². The first-order valence-electron chi connectivity index (χ1n) is 11.2. The zero-order valence-electron chi connectivity index (χ0n) is 17.2. The largest absolute Gasteiger partial charge is 0.460 e. The normalized spacial score (nSPS) is 43.0. The summed E-state index contributed by atoms with van der Waals surface area (Å²) in [6, 6.07) is 0. The molecule has 0 aromatic heterocycles. The van der Waals surface area contributed by atoms with Crippen LogP contribution < -0.4 is 0 Å². The highest BCUT2D eigenvalue weighted by Gasteiger charge is 2.55. The van der Waals surface area contributed by atoms with Gasteiger partial charge in [-0.15, -0.1) is 0 Å². The van der Waals surface area contributed by atoms with Crippen molar-refractivity contribution >= 4 is 11.9 Å². The van der Waals surface area contributed by atoms with Crippen LogP contribution in [0.25, 0.3) is 0 Å². The van der Waals surface area contributed by atoms with E-state index in [1.165, 1.54) is 25.7 Å². The first-order chi connectivity index (χ1) is 12.8. The number of carbonyl (C=O) groups is 2. The lowest BCUT2D eigenvalue weighted by molar-refractivity contribution is -0.180. The second-order valence-corrected chi connectivity index (χ2v) is 10.6. The standard InChI is InChI=1S/C23H36O4/c1-14(2)19-5-4-15(3)6-20(19)27-21(24)13-26-22(25)23-10-16-7-17(11-23)9-18(8-16)12-23/h14-20H,4-13H2,1-3H3. The Morgan fingerprint density at radius 2 is 1.56 bits per heavy atom. The third kappa shape index (κ3) is 3.91. The first-order valence-corrected chi connectivity index (χ1v) is 11.2. The highest BCUT2D eigenvalue weighted by molar-refractivity contribution is 5.81. The summed E-state index contributed by atoms with van der Waals surface area (Å²) < 4.78 is 11.3. The summed E-state index contributed by atoms with van der Waals surface area (Å²) in [4.78, 5) is 25.3. The lowest BCUT2D eigenvalue weighted by Gasteiger charge is -2.55. The van der Waals surface area contributed by atoms with Gasteiger partial charge >= 0.3 is 11.9 Å². The predicted octanol–water partition coefficient (Wildman–Crippen LogP) is 4.75. The van der Waals surface area contributed by atoms with Crippen molar-refractivity contribution in [1.82, 2.24) is 0 Å². The lowest BCUT2D eigenvalue weighted by Crippen LogP contribution is -2.50. The van der Waals surface area contributed by atoms with Crippen LogP contribution in [0.15, 0.2) is 0 Å². The maximum Gasteiger partial charge on any atom is 0.344 e. The van der Waals surface area contributed by atoms with E-state index in [0.29, 0.717) is 35.5 Å². The molecule has 3 atom stereocenters. The maximum atomic E-state index is 12.9. The van der Waals surface area contributed by atoms with Gasteiger partial charge in [-0.2, -0.15) is 0 Å². The Hall–Kier alpha value is -1.06. The highest BCUT2D eigenvalue weighted by Crippen LogP contribution is 2.60. The number of rotatable bonds is 5. The number of carbonyl (C=O) groups excluding carboxylic acids is 2. The Labute approximate surface area is 163 Å². The first kappa shape index (κ1) is 19.3. The van der Waals surface area contributed by atoms with Gasteiger partial charge < -0.3 is 9.47 Å². The molecule has 0 aromatic rings. The van der Waals surface area contributed by atoms with Gasteiger partial charge in [0, 0.05) is 0 Å². The van der Waals surface area contributed by atoms with Crippen molar-refractivity contribution in [2.45, 2.75) is 84.7 Å². The van der Waals surface area contributed by atoms with Crippen molar-refractivity contribution in [3.8, 4) is 0 Å². The Bertz CT molecular complexity index is 546. The molecule has 0 radical (unpaired) electrons. The van der Waals surface area contributed by atoms with Crippen molar-refractivity contribution in [2.24, 2.45) is 40.9 Å². The average Bonchev–Trinajstić information content (AvgIpc) is 2.58. The van der Waals surface area contributed by atoms with Gasteiger partial charge in [-0.1, -0.05) is 27.2 Å². The van der Waals surface area contributed by atoms with Crippen LogP contribution in [0.4, 0.5) is 0 Å². The Kier molecular flexibility index (Phi) is 5.28. The molecule has 0 amide bonds. The molecule has 5 rings (SSSR count). The van der Waals surface area contributed by atoms with Crippen LogP contribution in [0.1, 0.15) is 78.6 Å². The van der Waals surface area contributed by atoms with Gasteiger partial charge in [0.25, 0.3) is 0 Å². The monoisotopic (exact) mass is 376 g/mol.